The van der Waals surface area contributed by atoms with E-state index in [4.69, 9.17) is 9.26 Å². The standard InChI is InChI=1S/C21H25BrIO2P/c1-4-5-7-13(2)14(3)10-11-15-18(25-26-23)12-19-20(15)16-8-6-9-17(22)21(16)24-19/h6,8-11,13-15,18-20,26H,7,12H2,1-3H3/b11-10+/t13?,14?,15-,18+,19-,20-/m0/s1. The van der Waals surface area contributed by atoms with Crippen LogP contribution in [0.15, 0.2) is 34.8 Å². The number of hydrogen-bond donors (Lipinski definition) is 0. The fourth-order valence-corrected chi connectivity index (χ4v) is 5.80. The van der Waals surface area contributed by atoms with Gasteiger partial charge in [0.15, 0.2) is 0 Å². The molecular weight excluding hydrogens is 522 g/mol. The summed E-state index contributed by atoms with van der Waals surface area (Å²) in [6.45, 7) is 6.96. The second-order valence-electron chi connectivity index (χ2n) is 7.24. The first-order valence-corrected chi connectivity index (χ1v) is 13.9. The average molecular weight is 547 g/mol. The molecule has 1 fully saturated rings. The number of hydrogen-bond acceptors (Lipinski definition) is 2. The van der Waals surface area contributed by atoms with Gasteiger partial charge in [0.05, 0.1) is 17.0 Å². The number of benzene rings is 1. The highest BCUT2D eigenvalue weighted by Crippen LogP contribution is 2.54. The predicted molar refractivity (Wildman–Crippen MR) is 122 cm³/mol. The Morgan fingerprint density at radius 1 is 1.46 bits per heavy atom. The fraction of sp³-hybridized carbons (Fsp3) is 0.524. The smallest absolute Gasteiger partial charge is 0.137 e. The zero-order chi connectivity index (χ0) is 18.7. The number of rotatable bonds is 6. The third kappa shape index (κ3) is 4.32. The molecule has 1 saturated carbocycles. The number of fused-ring (bicyclic) bond motifs is 3. The Bertz CT molecular complexity index is 726. The average Bonchev–Trinajstić information content (AvgIpc) is 3.15. The summed E-state index contributed by atoms with van der Waals surface area (Å²) < 4.78 is 13.5. The van der Waals surface area contributed by atoms with Crippen molar-refractivity contribution >= 4 is 44.4 Å². The molecule has 0 bridgehead atoms. The molecule has 0 saturated heterocycles. The summed E-state index contributed by atoms with van der Waals surface area (Å²) >= 11 is 5.96. The van der Waals surface area contributed by atoms with Crippen LogP contribution in [0.4, 0.5) is 0 Å². The maximum Gasteiger partial charge on any atom is 0.137 e. The van der Waals surface area contributed by atoms with Gasteiger partial charge in [0.1, 0.15) is 11.9 Å². The molecule has 0 N–H and O–H groups in total. The molecule has 0 radical (unpaired) electrons. The van der Waals surface area contributed by atoms with Crippen molar-refractivity contribution in [2.24, 2.45) is 17.8 Å². The summed E-state index contributed by atoms with van der Waals surface area (Å²) in [6, 6.07) is 6.38. The van der Waals surface area contributed by atoms with E-state index in [1.807, 2.05) is 6.92 Å². The number of halogens is 2. The van der Waals surface area contributed by atoms with Gasteiger partial charge in [0.25, 0.3) is 0 Å². The molecule has 0 spiro atoms. The molecule has 26 heavy (non-hydrogen) atoms. The van der Waals surface area contributed by atoms with Gasteiger partial charge in [-0.1, -0.05) is 38.1 Å². The topological polar surface area (TPSA) is 18.5 Å². The van der Waals surface area contributed by atoms with Crippen molar-refractivity contribution in [1.82, 2.24) is 0 Å². The minimum Gasteiger partial charge on any atom is -0.488 e. The van der Waals surface area contributed by atoms with Crippen LogP contribution in [0, 0.1) is 29.6 Å². The van der Waals surface area contributed by atoms with Crippen molar-refractivity contribution in [3.8, 4) is 17.6 Å². The summed E-state index contributed by atoms with van der Waals surface area (Å²) in [5.74, 6) is 9.05. The zero-order valence-corrected chi connectivity index (χ0v) is 20.1. The third-order valence-electron chi connectivity index (χ3n) is 5.67. The molecular formula is C21H25BrIO2P. The van der Waals surface area contributed by atoms with E-state index in [1.54, 1.807) is 0 Å². The molecule has 0 amide bonds. The fourth-order valence-electron chi connectivity index (χ4n) is 3.97. The Morgan fingerprint density at radius 3 is 3.00 bits per heavy atom. The van der Waals surface area contributed by atoms with Gasteiger partial charge in [-0.2, -0.15) is 0 Å². The first-order valence-electron chi connectivity index (χ1n) is 9.11. The highest BCUT2D eigenvalue weighted by atomic mass is 127. The van der Waals surface area contributed by atoms with Crippen molar-refractivity contribution in [1.29, 1.82) is 0 Å². The molecule has 3 unspecified atom stereocenters. The summed E-state index contributed by atoms with van der Waals surface area (Å²) in [7, 11) is 0. The highest BCUT2D eigenvalue weighted by Gasteiger charge is 2.49. The lowest BCUT2D eigenvalue weighted by Gasteiger charge is -2.21. The Labute approximate surface area is 180 Å². The predicted octanol–water partition coefficient (Wildman–Crippen LogP) is 6.88. The molecule has 3 rings (SSSR count). The third-order valence-corrected chi connectivity index (χ3v) is 7.45. The lowest BCUT2D eigenvalue weighted by molar-refractivity contribution is 0.181. The van der Waals surface area contributed by atoms with E-state index in [0.717, 1.165) is 23.1 Å². The monoisotopic (exact) mass is 546 g/mol. The first kappa shape index (κ1) is 20.6. The molecule has 1 aliphatic carbocycles. The summed E-state index contributed by atoms with van der Waals surface area (Å²) in [4.78, 5) is 0. The minimum absolute atomic E-state index is 0.217. The molecule has 1 heterocycles. The van der Waals surface area contributed by atoms with E-state index in [0.29, 0.717) is 30.1 Å². The van der Waals surface area contributed by atoms with Crippen LogP contribution in [0.3, 0.4) is 0 Å². The second-order valence-corrected chi connectivity index (χ2v) is 9.80. The van der Waals surface area contributed by atoms with Gasteiger partial charge in [-0.25, -0.2) is 0 Å². The van der Waals surface area contributed by atoms with Gasteiger partial charge < -0.3 is 9.26 Å². The molecule has 0 aromatic heterocycles. The van der Waals surface area contributed by atoms with Crippen LogP contribution in [0.5, 0.6) is 5.75 Å². The number of allylic oxidation sites excluding steroid dienone is 1. The molecule has 2 nitrogen and oxygen atoms in total. The Kier molecular flexibility index (Phi) is 7.48. The van der Waals surface area contributed by atoms with Crippen LogP contribution in [0.25, 0.3) is 0 Å². The first-order chi connectivity index (χ1) is 12.6. The van der Waals surface area contributed by atoms with E-state index in [-0.39, 0.29) is 12.2 Å². The Hall–Kier alpha value is -0.0800. The molecule has 1 aliphatic heterocycles. The number of ether oxygens (including phenoxy) is 1. The van der Waals surface area contributed by atoms with E-state index >= 15 is 0 Å². The second kappa shape index (κ2) is 9.41. The van der Waals surface area contributed by atoms with E-state index in [9.17, 15) is 0 Å². The summed E-state index contributed by atoms with van der Waals surface area (Å²) in [5.41, 5.74) is 1.32. The van der Waals surface area contributed by atoms with Gasteiger partial charge in [-0.15, -0.1) is 11.8 Å². The van der Waals surface area contributed by atoms with Gasteiger partial charge in [0, 0.05) is 30.2 Å². The zero-order valence-electron chi connectivity index (χ0n) is 15.3. The van der Waals surface area contributed by atoms with E-state index < -0.39 is 0 Å². The van der Waals surface area contributed by atoms with Crippen molar-refractivity contribution in [3.05, 3.63) is 40.4 Å². The molecule has 7 atom stereocenters. The molecule has 5 heteroatoms. The molecule has 2 aliphatic rings. The van der Waals surface area contributed by atoms with Crippen LogP contribution < -0.4 is 4.74 Å². The van der Waals surface area contributed by atoms with Crippen molar-refractivity contribution in [2.75, 3.05) is 0 Å². The lowest BCUT2D eigenvalue weighted by Crippen LogP contribution is -2.18. The van der Waals surface area contributed by atoms with Crippen LogP contribution >= 0.6 is 44.4 Å². The molecule has 1 aromatic carbocycles. The van der Waals surface area contributed by atoms with Crippen LogP contribution in [0.1, 0.15) is 45.1 Å². The van der Waals surface area contributed by atoms with Crippen molar-refractivity contribution < 1.29 is 9.26 Å². The SMILES string of the molecule is CC#CCC(C)C(C)/C=C/[C@@H]1[C@H]2c3cccc(Br)c3O[C@H]2C[C@H]1OPI. The van der Waals surface area contributed by atoms with Gasteiger partial charge in [0.2, 0.25) is 0 Å². The van der Waals surface area contributed by atoms with Crippen LogP contribution in [0.2, 0.25) is 0 Å². The van der Waals surface area contributed by atoms with E-state index in [2.05, 4.69) is 94.0 Å². The summed E-state index contributed by atoms with van der Waals surface area (Å²) in [5, 5.41) is 0. The van der Waals surface area contributed by atoms with E-state index in [1.165, 1.54) is 5.56 Å². The lowest BCUT2D eigenvalue weighted by atomic mass is 9.85. The van der Waals surface area contributed by atoms with Gasteiger partial charge in [-0.05, 0) is 62.8 Å². The quantitative estimate of drug-likeness (QED) is 0.167. The summed E-state index contributed by atoms with van der Waals surface area (Å²) in [6.07, 6.45) is 7.13. The normalized spacial score (nSPS) is 29.3. The van der Waals surface area contributed by atoms with Crippen molar-refractivity contribution in [3.63, 3.8) is 0 Å². The van der Waals surface area contributed by atoms with Crippen LogP contribution in [-0.4, -0.2) is 12.2 Å². The maximum atomic E-state index is 6.30. The molecule has 1 aromatic rings. The molecule has 140 valence electrons. The maximum absolute atomic E-state index is 6.30. The van der Waals surface area contributed by atoms with Crippen LogP contribution in [-0.2, 0) is 4.52 Å². The minimum atomic E-state index is 0.217. The largest absolute Gasteiger partial charge is 0.488 e. The van der Waals surface area contributed by atoms with Gasteiger partial charge >= 0.3 is 0 Å². The Balaban J connectivity index is 1.82. The van der Waals surface area contributed by atoms with Crippen molar-refractivity contribution in [2.45, 2.75) is 51.7 Å². The highest BCUT2D eigenvalue weighted by molar-refractivity contribution is 14.2. The van der Waals surface area contributed by atoms with Gasteiger partial charge in [-0.3, -0.25) is 0 Å². The number of para-hydroxylation sites is 1. The Morgan fingerprint density at radius 2 is 2.27 bits per heavy atom.